The van der Waals surface area contributed by atoms with E-state index in [1.807, 2.05) is 0 Å². The molecule has 1 N–H and O–H groups in total. The average molecular weight is 392 g/mol. The van der Waals surface area contributed by atoms with Gasteiger partial charge in [-0.1, -0.05) is 41.4 Å². The Morgan fingerprint density at radius 3 is 2.46 bits per heavy atom. The Hall–Kier alpha value is -2.50. The molecule has 0 aliphatic heterocycles. The van der Waals surface area contributed by atoms with Gasteiger partial charge in [0.25, 0.3) is 0 Å². The lowest BCUT2D eigenvalue weighted by Gasteiger charge is -2.08. The number of esters is 1. The van der Waals surface area contributed by atoms with Gasteiger partial charge in [-0.15, -0.1) is 0 Å². The van der Waals surface area contributed by atoms with Crippen LogP contribution >= 0.6 is 23.2 Å². The predicted molar refractivity (Wildman–Crippen MR) is 101 cm³/mol. The van der Waals surface area contributed by atoms with Gasteiger partial charge in [0, 0.05) is 15.4 Å². The maximum atomic E-state index is 12.5. The zero-order chi connectivity index (χ0) is 18.7. The van der Waals surface area contributed by atoms with Crippen LogP contribution in [0.25, 0.3) is 11.0 Å². The first kappa shape index (κ1) is 18.3. The number of benzene rings is 2. The molecule has 5 nitrogen and oxygen atoms in total. The van der Waals surface area contributed by atoms with Gasteiger partial charge in [-0.25, -0.2) is 4.79 Å². The lowest BCUT2D eigenvalue weighted by Crippen LogP contribution is -2.17. The molecule has 134 valence electrons. The summed E-state index contributed by atoms with van der Waals surface area (Å²) < 4.78 is 10.6. The minimum Gasteiger partial charge on any atom is -0.460 e. The van der Waals surface area contributed by atoms with Gasteiger partial charge in [0.15, 0.2) is 0 Å². The number of carbonyl (C=O) groups is 2. The SMILES string of the molecule is CCOC(=O)c1oc2ccccc2c1NC(=O)Cc1c(Cl)cccc1Cl. The van der Waals surface area contributed by atoms with Crippen molar-refractivity contribution in [1.82, 2.24) is 0 Å². The molecule has 7 heteroatoms. The highest BCUT2D eigenvalue weighted by Crippen LogP contribution is 2.32. The summed E-state index contributed by atoms with van der Waals surface area (Å²) in [7, 11) is 0. The smallest absolute Gasteiger partial charge is 0.376 e. The normalized spacial score (nSPS) is 10.7. The molecule has 1 aromatic heterocycles. The fourth-order valence-electron chi connectivity index (χ4n) is 2.56. The maximum Gasteiger partial charge on any atom is 0.376 e. The molecule has 0 fully saturated rings. The van der Waals surface area contributed by atoms with Crippen molar-refractivity contribution < 1.29 is 18.7 Å². The number of hydrogen-bond donors (Lipinski definition) is 1. The van der Waals surface area contributed by atoms with Gasteiger partial charge >= 0.3 is 5.97 Å². The molecule has 26 heavy (non-hydrogen) atoms. The second-order valence-electron chi connectivity index (χ2n) is 5.45. The summed E-state index contributed by atoms with van der Waals surface area (Å²) in [6, 6.07) is 12.0. The van der Waals surface area contributed by atoms with Crippen molar-refractivity contribution in [2.75, 3.05) is 11.9 Å². The first-order chi connectivity index (χ1) is 12.5. The van der Waals surface area contributed by atoms with E-state index in [0.717, 1.165) is 0 Å². The molecule has 0 radical (unpaired) electrons. The van der Waals surface area contributed by atoms with E-state index < -0.39 is 5.97 Å². The van der Waals surface area contributed by atoms with Crippen LogP contribution in [0.5, 0.6) is 0 Å². The number of anilines is 1. The molecule has 2 aromatic carbocycles. The van der Waals surface area contributed by atoms with E-state index in [1.54, 1.807) is 49.4 Å². The molecule has 1 heterocycles. The Labute approximate surface area is 159 Å². The van der Waals surface area contributed by atoms with Crippen LogP contribution in [0.1, 0.15) is 23.0 Å². The van der Waals surface area contributed by atoms with E-state index in [2.05, 4.69) is 5.32 Å². The van der Waals surface area contributed by atoms with Crippen LogP contribution in [0.15, 0.2) is 46.9 Å². The molecule has 3 aromatic rings. The topological polar surface area (TPSA) is 68.5 Å². The standard InChI is InChI=1S/C19H15Cl2NO4/c1-2-25-19(24)18-17(11-6-3-4-9-15(11)26-18)22-16(23)10-12-13(20)7-5-8-14(12)21/h3-9H,2,10H2,1H3,(H,22,23). The number of carbonyl (C=O) groups excluding carboxylic acids is 2. The van der Waals surface area contributed by atoms with Crippen LogP contribution in [-0.4, -0.2) is 18.5 Å². The van der Waals surface area contributed by atoms with E-state index in [0.29, 0.717) is 26.6 Å². The van der Waals surface area contributed by atoms with Crippen molar-refractivity contribution >= 4 is 51.7 Å². The lowest BCUT2D eigenvalue weighted by molar-refractivity contribution is -0.115. The van der Waals surface area contributed by atoms with Gasteiger partial charge in [0.1, 0.15) is 11.3 Å². The minimum absolute atomic E-state index is 0.0414. The third-order valence-corrected chi connectivity index (χ3v) is 4.43. The second kappa shape index (κ2) is 7.81. The number of nitrogens with one attached hydrogen (secondary N) is 1. The average Bonchev–Trinajstić information content (AvgIpc) is 2.97. The molecule has 3 rings (SSSR count). The predicted octanol–water partition coefficient (Wildman–Crippen LogP) is 5.10. The summed E-state index contributed by atoms with van der Waals surface area (Å²) in [5.74, 6) is -1.07. The Morgan fingerprint density at radius 2 is 1.77 bits per heavy atom. The van der Waals surface area contributed by atoms with Crippen molar-refractivity contribution in [1.29, 1.82) is 0 Å². The van der Waals surface area contributed by atoms with E-state index in [9.17, 15) is 9.59 Å². The Morgan fingerprint density at radius 1 is 1.08 bits per heavy atom. The fourth-order valence-corrected chi connectivity index (χ4v) is 3.09. The summed E-state index contributed by atoms with van der Waals surface area (Å²) in [6.07, 6.45) is -0.0414. The third kappa shape index (κ3) is 3.69. The van der Waals surface area contributed by atoms with E-state index in [1.165, 1.54) is 0 Å². The van der Waals surface area contributed by atoms with Gasteiger partial charge in [0.05, 0.1) is 13.0 Å². The van der Waals surface area contributed by atoms with Gasteiger partial charge in [-0.05, 0) is 36.8 Å². The summed E-state index contributed by atoms with van der Waals surface area (Å²) in [5, 5.41) is 4.13. The first-order valence-corrected chi connectivity index (χ1v) is 8.68. The van der Waals surface area contributed by atoms with Crippen LogP contribution in [0, 0.1) is 0 Å². The number of para-hydroxylation sites is 1. The quantitative estimate of drug-likeness (QED) is 0.614. The minimum atomic E-state index is -0.644. The molecule has 0 saturated heterocycles. The number of fused-ring (bicyclic) bond motifs is 1. The first-order valence-electron chi connectivity index (χ1n) is 7.92. The highest BCUT2D eigenvalue weighted by Gasteiger charge is 2.23. The summed E-state index contributed by atoms with van der Waals surface area (Å²) in [5.41, 5.74) is 1.26. The summed E-state index contributed by atoms with van der Waals surface area (Å²) in [4.78, 5) is 24.7. The van der Waals surface area contributed by atoms with Crippen molar-refractivity contribution in [2.45, 2.75) is 13.3 Å². The van der Waals surface area contributed by atoms with Crippen LogP contribution in [0.2, 0.25) is 10.0 Å². The van der Waals surface area contributed by atoms with Crippen LogP contribution in [-0.2, 0) is 16.0 Å². The summed E-state index contributed by atoms with van der Waals surface area (Å²) >= 11 is 12.2. The molecular formula is C19H15Cl2NO4. The Kier molecular flexibility index (Phi) is 5.49. The number of amides is 1. The Bertz CT molecular complexity index is 961. The number of hydrogen-bond acceptors (Lipinski definition) is 4. The zero-order valence-corrected chi connectivity index (χ0v) is 15.4. The number of furan rings is 1. The van der Waals surface area contributed by atoms with Gasteiger partial charge in [-0.2, -0.15) is 0 Å². The van der Waals surface area contributed by atoms with E-state index in [4.69, 9.17) is 32.4 Å². The molecule has 0 atom stereocenters. The molecule has 0 unspecified atom stereocenters. The van der Waals surface area contributed by atoms with Gasteiger partial charge in [-0.3, -0.25) is 4.79 Å². The van der Waals surface area contributed by atoms with Crippen LogP contribution in [0.4, 0.5) is 5.69 Å². The molecule has 0 spiro atoms. The largest absolute Gasteiger partial charge is 0.460 e. The summed E-state index contributed by atoms with van der Waals surface area (Å²) in [6.45, 7) is 1.89. The number of rotatable bonds is 5. The highest BCUT2D eigenvalue weighted by molar-refractivity contribution is 6.36. The van der Waals surface area contributed by atoms with Crippen molar-refractivity contribution in [3.05, 3.63) is 63.8 Å². The number of halogens is 2. The third-order valence-electron chi connectivity index (χ3n) is 3.72. The molecular weight excluding hydrogens is 377 g/mol. The molecule has 0 bridgehead atoms. The second-order valence-corrected chi connectivity index (χ2v) is 6.26. The fraction of sp³-hybridized carbons (Fsp3) is 0.158. The Balaban J connectivity index is 1.93. The van der Waals surface area contributed by atoms with Crippen molar-refractivity contribution in [2.24, 2.45) is 0 Å². The van der Waals surface area contributed by atoms with E-state index in [-0.39, 0.29) is 30.4 Å². The molecule has 0 aliphatic rings. The molecule has 0 saturated carbocycles. The van der Waals surface area contributed by atoms with Crippen molar-refractivity contribution in [3.8, 4) is 0 Å². The highest BCUT2D eigenvalue weighted by atomic mass is 35.5. The molecule has 0 aliphatic carbocycles. The van der Waals surface area contributed by atoms with Crippen LogP contribution in [0.3, 0.4) is 0 Å². The van der Waals surface area contributed by atoms with Gasteiger partial charge in [0.2, 0.25) is 11.7 Å². The molecule has 1 amide bonds. The van der Waals surface area contributed by atoms with Crippen molar-refractivity contribution in [3.63, 3.8) is 0 Å². The number of ether oxygens (including phenoxy) is 1. The van der Waals surface area contributed by atoms with E-state index >= 15 is 0 Å². The maximum absolute atomic E-state index is 12.5. The van der Waals surface area contributed by atoms with Crippen LogP contribution < -0.4 is 5.32 Å². The lowest BCUT2D eigenvalue weighted by atomic mass is 10.1. The zero-order valence-electron chi connectivity index (χ0n) is 13.8. The monoisotopic (exact) mass is 391 g/mol. The van der Waals surface area contributed by atoms with Gasteiger partial charge < -0.3 is 14.5 Å².